The number of likely N-dealkylation sites (tertiary alicyclic amines) is 1. The van der Waals surface area contributed by atoms with Crippen LogP contribution in [0.25, 0.3) is 33.1 Å². The minimum Gasteiger partial charge on any atom is -0.422 e. The largest absolute Gasteiger partial charge is 0.422 e. The van der Waals surface area contributed by atoms with E-state index in [0.29, 0.717) is 39.9 Å². The Bertz CT molecular complexity index is 1350. The molecule has 0 aliphatic carbocycles. The third kappa shape index (κ3) is 3.11. The summed E-state index contributed by atoms with van der Waals surface area (Å²) in [5, 5.41) is 1.46. The summed E-state index contributed by atoms with van der Waals surface area (Å²) in [5.41, 5.74) is 8.37. The van der Waals surface area contributed by atoms with Gasteiger partial charge >= 0.3 is 11.3 Å². The van der Waals surface area contributed by atoms with Crippen molar-refractivity contribution in [1.82, 2.24) is 4.90 Å². The lowest BCUT2D eigenvalue weighted by Crippen LogP contribution is -2.19. The van der Waals surface area contributed by atoms with Crippen LogP contribution in [-0.4, -0.2) is 18.0 Å². The Labute approximate surface area is 166 Å². The van der Waals surface area contributed by atoms with E-state index < -0.39 is 11.3 Å². The number of para-hydroxylation sites is 1. The molecular weight excluding hydrogens is 368 g/mol. The number of benzene rings is 2. The van der Waals surface area contributed by atoms with Gasteiger partial charge in [0, 0.05) is 40.2 Å². The van der Waals surface area contributed by atoms with Gasteiger partial charge in [0.25, 0.3) is 0 Å². The molecule has 0 bridgehead atoms. The van der Waals surface area contributed by atoms with E-state index in [1.807, 2.05) is 18.2 Å². The van der Waals surface area contributed by atoms with Crippen LogP contribution in [0.2, 0.25) is 0 Å². The van der Waals surface area contributed by atoms with Crippen molar-refractivity contribution in [3.63, 3.8) is 0 Å². The highest BCUT2D eigenvalue weighted by Crippen LogP contribution is 2.32. The van der Waals surface area contributed by atoms with Crippen LogP contribution in [0.5, 0.6) is 0 Å². The van der Waals surface area contributed by atoms with E-state index in [1.165, 1.54) is 6.07 Å². The number of fused-ring (bicyclic) bond motifs is 2. The van der Waals surface area contributed by atoms with Gasteiger partial charge in [-0.05, 0) is 50.2 Å². The topological polar surface area (TPSA) is 89.7 Å². The predicted molar refractivity (Wildman–Crippen MR) is 113 cm³/mol. The molecule has 2 aromatic carbocycles. The summed E-state index contributed by atoms with van der Waals surface area (Å²) in [4.78, 5) is 27.4. The van der Waals surface area contributed by atoms with E-state index in [4.69, 9.17) is 14.6 Å². The molecule has 2 aromatic heterocycles. The number of nitrogens with two attached hydrogens (primary N) is 1. The Morgan fingerprint density at radius 3 is 2.55 bits per heavy atom. The number of hydrogen-bond donors (Lipinski definition) is 1. The van der Waals surface area contributed by atoms with Gasteiger partial charge < -0.3 is 14.6 Å². The Balaban J connectivity index is 1.76. The van der Waals surface area contributed by atoms with E-state index in [-0.39, 0.29) is 0 Å². The minimum absolute atomic E-state index is 0.332. The molecule has 0 saturated carbocycles. The van der Waals surface area contributed by atoms with Crippen molar-refractivity contribution in [3.05, 3.63) is 74.9 Å². The molecule has 0 spiro atoms. The summed E-state index contributed by atoms with van der Waals surface area (Å²) in [6.45, 7) is 2.60. The van der Waals surface area contributed by atoms with Gasteiger partial charge in [0.2, 0.25) is 0 Å². The van der Waals surface area contributed by atoms with Gasteiger partial charge in [-0.25, -0.2) is 9.59 Å². The van der Waals surface area contributed by atoms with Gasteiger partial charge in [-0.15, -0.1) is 0 Å². The van der Waals surface area contributed by atoms with Crippen LogP contribution >= 0.6 is 0 Å². The number of anilines is 1. The fourth-order valence-electron chi connectivity index (χ4n) is 4.10. The summed E-state index contributed by atoms with van der Waals surface area (Å²) >= 11 is 0. The van der Waals surface area contributed by atoms with Crippen LogP contribution in [0.3, 0.4) is 0 Å². The first-order valence-corrected chi connectivity index (χ1v) is 9.71. The second-order valence-corrected chi connectivity index (χ2v) is 7.46. The highest BCUT2D eigenvalue weighted by molar-refractivity contribution is 5.97. The maximum absolute atomic E-state index is 12.7. The number of rotatable bonds is 3. The molecule has 6 heteroatoms. The molecule has 1 aliphatic heterocycles. The molecule has 1 fully saturated rings. The van der Waals surface area contributed by atoms with Gasteiger partial charge in [-0.1, -0.05) is 18.2 Å². The van der Waals surface area contributed by atoms with Crippen LogP contribution in [-0.2, 0) is 6.54 Å². The van der Waals surface area contributed by atoms with E-state index in [1.54, 1.807) is 24.3 Å². The highest BCUT2D eigenvalue weighted by atomic mass is 16.4. The average molecular weight is 388 g/mol. The summed E-state index contributed by atoms with van der Waals surface area (Å²) in [5.74, 6) is 0. The fourth-order valence-corrected chi connectivity index (χ4v) is 4.10. The molecule has 146 valence electrons. The van der Waals surface area contributed by atoms with E-state index in [2.05, 4.69) is 4.90 Å². The lowest BCUT2D eigenvalue weighted by molar-refractivity contribution is 0.331. The van der Waals surface area contributed by atoms with Crippen molar-refractivity contribution in [2.45, 2.75) is 19.4 Å². The third-order valence-electron chi connectivity index (χ3n) is 5.56. The zero-order valence-corrected chi connectivity index (χ0v) is 15.8. The first-order chi connectivity index (χ1) is 14.1. The second kappa shape index (κ2) is 6.90. The Morgan fingerprint density at radius 1 is 0.931 bits per heavy atom. The first-order valence-electron chi connectivity index (χ1n) is 9.71. The maximum Gasteiger partial charge on any atom is 0.344 e. The molecule has 6 nitrogen and oxygen atoms in total. The predicted octanol–water partition coefficient (Wildman–Crippen LogP) is 3.74. The van der Waals surface area contributed by atoms with Crippen LogP contribution in [0.15, 0.2) is 67.0 Å². The molecule has 0 amide bonds. The molecule has 0 radical (unpaired) electrons. The van der Waals surface area contributed by atoms with Crippen LogP contribution in [0, 0.1) is 0 Å². The molecule has 4 aromatic rings. The molecule has 1 saturated heterocycles. The average Bonchev–Trinajstić information content (AvgIpc) is 3.22. The van der Waals surface area contributed by atoms with Crippen molar-refractivity contribution >= 4 is 27.6 Å². The normalized spacial score (nSPS) is 14.8. The van der Waals surface area contributed by atoms with Crippen molar-refractivity contribution in [2.75, 3.05) is 18.8 Å². The third-order valence-corrected chi connectivity index (χ3v) is 5.56. The van der Waals surface area contributed by atoms with Crippen LogP contribution in [0.1, 0.15) is 18.4 Å². The number of hydrogen-bond acceptors (Lipinski definition) is 6. The first kappa shape index (κ1) is 17.7. The van der Waals surface area contributed by atoms with Crippen LogP contribution < -0.4 is 17.0 Å². The van der Waals surface area contributed by atoms with E-state index in [0.717, 1.165) is 36.9 Å². The highest BCUT2D eigenvalue weighted by Gasteiger charge is 2.20. The minimum atomic E-state index is -0.520. The van der Waals surface area contributed by atoms with Crippen molar-refractivity contribution in [3.8, 4) is 11.1 Å². The molecule has 1 aliphatic rings. The summed E-state index contributed by atoms with van der Waals surface area (Å²) < 4.78 is 11.1. The SMILES string of the molecule is Nc1ccc2c(-c3cc4ccccc4oc3=O)cc(=O)oc2c1CN1CCCC1. The Morgan fingerprint density at radius 2 is 1.72 bits per heavy atom. The van der Waals surface area contributed by atoms with Gasteiger partial charge in [0.1, 0.15) is 11.2 Å². The number of nitrogen functional groups attached to an aromatic ring is 1. The second-order valence-electron chi connectivity index (χ2n) is 7.46. The van der Waals surface area contributed by atoms with E-state index >= 15 is 0 Å². The zero-order valence-electron chi connectivity index (χ0n) is 15.8. The van der Waals surface area contributed by atoms with Gasteiger partial charge in [-0.3, -0.25) is 4.90 Å². The monoisotopic (exact) mass is 388 g/mol. The zero-order chi connectivity index (χ0) is 20.0. The van der Waals surface area contributed by atoms with Crippen molar-refractivity contribution < 1.29 is 8.83 Å². The standard InChI is InChI=1S/C23H20N2O4/c24-19-8-7-15-16(17-11-14-5-1-2-6-20(14)28-23(17)27)12-21(26)29-22(15)18(19)13-25-9-3-4-10-25/h1-2,5-8,11-12H,3-4,9-10,13,24H2. The molecular formula is C23H20N2O4. The summed E-state index contributed by atoms with van der Waals surface area (Å²) in [6.07, 6.45) is 2.30. The quantitative estimate of drug-likeness (QED) is 0.425. The van der Waals surface area contributed by atoms with Gasteiger partial charge in [0.15, 0.2) is 0 Å². The maximum atomic E-state index is 12.7. The lowest BCUT2D eigenvalue weighted by atomic mass is 9.99. The van der Waals surface area contributed by atoms with E-state index in [9.17, 15) is 9.59 Å². The van der Waals surface area contributed by atoms with Gasteiger partial charge in [-0.2, -0.15) is 0 Å². The summed E-state index contributed by atoms with van der Waals surface area (Å²) in [6, 6.07) is 14.0. The van der Waals surface area contributed by atoms with Gasteiger partial charge in [0.05, 0.1) is 5.56 Å². The fraction of sp³-hybridized carbons (Fsp3) is 0.217. The molecule has 5 rings (SSSR count). The Hall–Kier alpha value is -3.38. The molecule has 0 unspecified atom stereocenters. The van der Waals surface area contributed by atoms with Crippen molar-refractivity contribution in [2.24, 2.45) is 0 Å². The van der Waals surface area contributed by atoms with Crippen LogP contribution in [0.4, 0.5) is 5.69 Å². The molecule has 3 heterocycles. The smallest absolute Gasteiger partial charge is 0.344 e. The van der Waals surface area contributed by atoms with Crippen molar-refractivity contribution in [1.29, 1.82) is 0 Å². The lowest BCUT2D eigenvalue weighted by Gasteiger charge is -2.17. The molecule has 29 heavy (non-hydrogen) atoms. The summed E-state index contributed by atoms with van der Waals surface area (Å²) in [7, 11) is 0. The molecule has 0 atom stereocenters. The number of nitrogens with zero attached hydrogens (tertiary/aromatic N) is 1. The molecule has 2 N–H and O–H groups in total. The Kier molecular flexibility index (Phi) is 4.21.